The van der Waals surface area contributed by atoms with E-state index in [1.54, 1.807) is 0 Å². The number of piperazine rings is 1. The van der Waals surface area contributed by atoms with Crippen molar-refractivity contribution in [1.82, 2.24) is 15.1 Å². The summed E-state index contributed by atoms with van der Waals surface area (Å²) in [6.07, 6.45) is 0. The van der Waals surface area contributed by atoms with Crippen molar-refractivity contribution in [3.63, 3.8) is 0 Å². The Balaban J connectivity index is 1.30. The van der Waals surface area contributed by atoms with Gasteiger partial charge in [-0.1, -0.05) is 48.5 Å². The van der Waals surface area contributed by atoms with Gasteiger partial charge >= 0.3 is 0 Å². The first-order valence-corrected chi connectivity index (χ1v) is 9.81. The highest BCUT2D eigenvalue weighted by Crippen LogP contribution is 2.19. The first kappa shape index (κ1) is 18.9. The summed E-state index contributed by atoms with van der Waals surface area (Å²) in [4.78, 5) is 16.5. The molecular weight excluding hydrogens is 364 g/mol. The Kier molecular flexibility index (Phi) is 5.70. The number of benzene rings is 2. The van der Waals surface area contributed by atoms with Gasteiger partial charge in [0.1, 0.15) is 5.75 Å². The van der Waals surface area contributed by atoms with Gasteiger partial charge < -0.3 is 14.5 Å². The van der Waals surface area contributed by atoms with Gasteiger partial charge in [0.25, 0.3) is 5.91 Å². The van der Waals surface area contributed by atoms with Crippen LogP contribution in [0.2, 0.25) is 0 Å². The fraction of sp³-hybridized carbons (Fsp3) is 0.261. The normalized spacial score (nSPS) is 14.0. The predicted molar refractivity (Wildman–Crippen MR) is 113 cm³/mol. The van der Waals surface area contributed by atoms with E-state index in [0.29, 0.717) is 13.1 Å². The third-order valence-corrected chi connectivity index (χ3v) is 5.12. The highest BCUT2D eigenvalue weighted by molar-refractivity contribution is 5.78. The van der Waals surface area contributed by atoms with Crippen LogP contribution in [0.25, 0.3) is 11.3 Å². The molecule has 2 aromatic carbocycles. The van der Waals surface area contributed by atoms with E-state index in [-0.39, 0.29) is 12.5 Å². The zero-order valence-corrected chi connectivity index (χ0v) is 16.5. The summed E-state index contributed by atoms with van der Waals surface area (Å²) >= 11 is 0. The molecule has 6 heteroatoms. The Morgan fingerprint density at radius 2 is 1.62 bits per heavy atom. The van der Waals surface area contributed by atoms with E-state index in [1.807, 2.05) is 78.6 Å². The number of rotatable bonds is 5. The summed E-state index contributed by atoms with van der Waals surface area (Å²) in [6, 6.07) is 21.7. The Bertz CT molecular complexity index is 952. The van der Waals surface area contributed by atoms with Crippen LogP contribution in [0.4, 0.5) is 5.82 Å². The molecule has 1 aliphatic heterocycles. The van der Waals surface area contributed by atoms with Crippen molar-refractivity contribution < 1.29 is 9.53 Å². The van der Waals surface area contributed by atoms with Crippen LogP contribution >= 0.6 is 0 Å². The van der Waals surface area contributed by atoms with Gasteiger partial charge in [-0.05, 0) is 30.7 Å². The number of carbonyl (C=O) groups excluding carboxylic acids is 1. The molecule has 2 heterocycles. The van der Waals surface area contributed by atoms with Crippen molar-refractivity contribution in [2.45, 2.75) is 6.92 Å². The van der Waals surface area contributed by atoms with Crippen LogP contribution in [0.15, 0.2) is 66.7 Å². The summed E-state index contributed by atoms with van der Waals surface area (Å²) < 4.78 is 5.69. The maximum absolute atomic E-state index is 12.5. The van der Waals surface area contributed by atoms with Gasteiger partial charge in [-0.3, -0.25) is 4.79 Å². The maximum atomic E-state index is 12.5. The Hall–Kier alpha value is -3.41. The Labute approximate surface area is 170 Å². The smallest absolute Gasteiger partial charge is 0.260 e. The molecule has 0 N–H and O–H groups in total. The van der Waals surface area contributed by atoms with Gasteiger partial charge in [0, 0.05) is 31.7 Å². The third-order valence-electron chi connectivity index (χ3n) is 5.12. The van der Waals surface area contributed by atoms with Crippen LogP contribution in [0.5, 0.6) is 5.75 Å². The highest BCUT2D eigenvalue weighted by atomic mass is 16.5. The molecule has 6 nitrogen and oxygen atoms in total. The Morgan fingerprint density at radius 3 is 2.31 bits per heavy atom. The lowest BCUT2D eigenvalue weighted by Gasteiger charge is -2.35. The number of amides is 1. The van der Waals surface area contributed by atoms with Crippen molar-refractivity contribution in [2.75, 3.05) is 37.7 Å². The number of anilines is 1. The lowest BCUT2D eigenvalue weighted by Crippen LogP contribution is -2.50. The first-order chi connectivity index (χ1) is 14.2. The number of para-hydroxylation sites is 1. The van der Waals surface area contributed by atoms with Gasteiger partial charge in [0.05, 0.1) is 5.69 Å². The molecule has 4 rings (SSSR count). The second kappa shape index (κ2) is 8.73. The summed E-state index contributed by atoms with van der Waals surface area (Å²) in [6.45, 7) is 4.81. The van der Waals surface area contributed by atoms with E-state index in [9.17, 15) is 4.79 Å². The van der Waals surface area contributed by atoms with Crippen molar-refractivity contribution in [3.05, 3.63) is 72.3 Å². The predicted octanol–water partition coefficient (Wildman–Crippen LogP) is 3.18. The average Bonchev–Trinajstić information content (AvgIpc) is 2.79. The van der Waals surface area contributed by atoms with Crippen LogP contribution in [0.1, 0.15) is 5.56 Å². The first-order valence-electron chi connectivity index (χ1n) is 9.81. The van der Waals surface area contributed by atoms with Gasteiger partial charge in [0.2, 0.25) is 0 Å². The van der Waals surface area contributed by atoms with Gasteiger partial charge in [0.15, 0.2) is 12.4 Å². The number of nitrogens with zero attached hydrogens (tertiary/aromatic N) is 4. The molecular formula is C23H24N4O2. The van der Waals surface area contributed by atoms with Gasteiger partial charge in [-0.15, -0.1) is 10.2 Å². The minimum atomic E-state index is 0.0124. The summed E-state index contributed by atoms with van der Waals surface area (Å²) in [7, 11) is 0. The Morgan fingerprint density at radius 1 is 0.897 bits per heavy atom. The van der Waals surface area contributed by atoms with Crippen LogP contribution in [-0.4, -0.2) is 53.8 Å². The zero-order valence-electron chi connectivity index (χ0n) is 16.5. The molecule has 1 aliphatic rings. The van der Waals surface area contributed by atoms with Crippen molar-refractivity contribution in [1.29, 1.82) is 0 Å². The van der Waals surface area contributed by atoms with Crippen LogP contribution in [-0.2, 0) is 4.79 Å². The highest BCUT2D eigenvalue weighted by Gasteiger charge is 2.22. The molecule has 0 atom stereocenters. The second-order valence-corrected chi connectivity index (χ2v) is 7.06. The zero-order chi connectivity index (χ0) is 20.1. The SMILES string of the molecule is Cc1ccccc1OCC(=O)N1CCN(c2ccc(-c3ccccc3)nn2)CC1. The molecule has 148 valence electrons. The fourth-order valence-corrected chi connectivity index (χ4v) is 3.39. The van der Waals surface area contributed by atoms with E-state index in [4.69, 9.17) is 4.74 Å². The van der Waals surface area contributed by atoms with E-state index in [1.165, 1.54) is 0 Å². The van der Waals surface area contributed by atoms with Crippen LogP contribution < -0.4 is 9.64 Å². The molecule has 1 saturated heterocycles. The van der Waals surface area contributed by atoms with Crippen LogP contribution in [0.3, 0.4) is 0 Å². The third kappa shape index (κ3) is 4.54. The maximum Gasteiger partial charge on any atom is 0.260 e. The van der Waals surface area contributed by atoms with E-state index in [2.05, 4.69) is 15.1 Å². The monoisotopic (exact) mass is 388 g/mol. The number of hydrogen-bond donors (Lipinski definition) is 0. The van der Waals surface area contributed by atoms with Gasteiger partial charge in [-0.25, -0.2) is 0 Å². The molecule has 0 spiro atoms. The molecule has 29 heavy (non-hydrogen) atoms. The molecule has 0 aliphatic carbocycles. The minimum Gasteiger partial charge on any atom is -0.484 e. The summed E-state index contributed by atoms with van der Waals surface area (Å²) in [5.74, 6) is 1.61. The lowest BCUT2D eigenvalue weighted by molar-refractivity contribution is -0.133. The molecule has 1 amide bonds. The number of hydrogen-bond acceptors (Lipinski definition) is 5. The summed E-state index contributed by atoms with van der Waals surface area (Å²) in [5.41, 5.74) is 2.94. The minimum absolute atomic E-state index is 0.0124. The van der Waals surface area contributed by atoms with Gasteiger partial charge in [-0.2, -0.15) is 0 Å². The number of aromatic nitrogens is 2. The number of aryl methyl sites for hydroxylation is 1. The van der Waals surface area contributed by atoms with Crippen LogP contribution in [0, 0.1) is 6.92 Å². The number of carbonyl (C=O) groups is 1. The van der Waals surface area contributed by atoms with E-state index < -0.39 is 0 Å². The lowest BCUT2D eigenvalue weighted by atomic mass is 10.1. The van der Waals surface area contributed by atoms with Crippen molar-refractivity contribution >= 4 is 11.7 Å². The summed E-state index contributed by atoms with van der Waals surface area (Å²) in [5, 5.41) is 8.74. The molecule has 0 unspecified atom stereocenters. The topological polar surface area (TPSA) is 58.6 Å². The standard InChI is InChI=1S/C23H24N4O2/c1-18-7-5-6-10-21(18)29-17-23(28)27-15-13-26(14-16-27)22-12-11-20(24-25-22)19-8-3-2-4-9-19/h2-12H,13-17H2,1H3. The average molecular weight is 388 g/mol. The fourth-order valence-electron chi connectivity index (χ4n) is 3.39. The van der Waals surface area contributed by atoms with Crippen molar-refractivity contribution in [3.8, 4) is 17.0 Å². The molecule has 3 aromatic rings. The molecule has 0 saturated carbocycles. The molecule has 1 aromatic heterocycles. The van der Waals surface area contributed by atoms with E-state index in [0.717, 1.165) is 41.5 Å². The largest absolute Gasteiger partial charge is 0.484 e. The van der Waals surface area contributed by atoms with E-state index >= 15 is 0 Å². The molecule has 0 bridgehead atoms. The second-order valence-electron chi connectivity index (χ2n) is 7.06. The quantitative estimate of drug-likeness (QED) is 0.672. The molecule has 1 fully saturated rings. The van der Waals surface area contributed by atoms with Crippen molar-refractivity contribution in [2.24, 2.45) is 0 Å². The molecule has 0 radical (unpaired) electrons. The number of ether oxygens (including phenoxy) is 1.